The number of hydrogen-bond acceptors (Lipinski definition) is 1. The lowest BCUT2D eigenvalue weighted by Crippen LogP contribution is -2.18. The van der Waals surface area contributed by atoms with Gasteiger partial charge in [-0.2, -0.15) is 0 Å². The van der Waals surface area contributed by atoms with Crippen molar-refractivity contribution in [3.8, 4) is 0 Å². The molecule has 0 radical (unpaired) electrons. The molecule has 0 heterocycles. The van der Waals surface area contributed by atoms with Gasteiger partial charge in [0.25, 0.3) is 0 Å². The fourth-order valence-electron chi connectivity index (χ4n) is 2.56. The second-order valence-electron chi connectivity index (χ2n) is 5.36. The summed E-state index contributed by atoms with van der Waals surface area (Å²) in [6.45, 7) is 3.93. The lowest BCUT2D eigenvalue weighted by molar-refractivity contribution is -0.139. The number of carbonyl (C=O) groups is 1. The standard InChI is InChI=1S/C15H20O2/c1-10(2)14(15(16)17)13-8-4-7-12(9-13)11-5-3-6-11/h4,7-11,14H,3,5-6H2,1-2H3,(H,16,17). The van der Waals surface area contributed by atoms with Crippen LogP contribution in [0.4, 0.5) is 0 Å². The van der Waals surface area contributed by atoms with Crippen LogP contribution in [-0.4, -0.2) is 11.1 Å². The van der Waals surface area contributed by atoms with Gasteiger partial charge in [-0.25, -0.2) is 0 Å². The van der Waals surface area contributed by atoms with Crippen LogP contribution in [0, 0.1) is 5.92 Å². The third kappa shape index (κ3) is 2.51. The van der Waals surface area contributed by atoms with Crippen LogP contribution in [0.1, 0.15) is 56.1 Å². The van der Waals surface area contributed by atoms with Crippen LogP contribution in [0.2, 0.25) is 0 Å². The van der Waals surface area contributed by atoms with Gasteiger partial charge < -0.3 is 5.11 Å². The van der Waals surface area contributed by atoms with Crippen molar-refractivity contribution in [3.05, 3.63) is 35.4 Å². The zero-order valence-corrected chi connectivity index (χ0v) is 10.5. The lowest BCUT2D eigenvalue weighted by Gasteiger charge is -2.27. The van der Waals surface area contributed by atoms with Crippen LogP contribution in [0.25, 0.3) is 0 Å². The molecular formula is C15H20O2. The Bertz CT molecular complexity index is 405. The third-order valence-electron chi connectivity index (χ3n) is 3.78. The zero-order chi connectivity index (χ0) is 12.4. The SMILES string of the molecule is CC(C)C(C(=O)O)c1cccc(C2CCC2)c1. The molecule has 0 spiro atoms. The Morgan fingerprint density at radius 2 is 2.06 bits per heavy atom. The fraction of sp³-hybridized carbons (Fsp3) is 0.533. The highest BCUT2D eigenvalue weighted by molar-refractivity contribution is 5.76. The number of benzene rings is 1. The Kier molecular flexibility index (Phi) is 3.51. The predicted molar refractivity (Wildman–Crippen MR) is 68.2 cm³/mol. The maximum absolute atomic E-state index is 11.3. The Morgan fingerprint density at radius 3 is 2.53 bits per heavy atom. The van der Waals surface area contributed by atoms with E-state index in [1.165, 1.54) is 24.8 Å². The summed E-state index contributed by atoms with van der Waals surface area (Å²) in [5.41, 5.74) is 2.28. The largest absolute Gasteiger partial charge is 0.481 e. The Hall–Kier alpha value is -1.31. The number of aliphatic carboxylic acids is 1. The van der Waals surface area contributed by atoms with Gasteiger partial charge in [0.2, 0.25) is 0 Å². The van der Waals surface area contributed by atoms with Gasteiger partial charge in [-0.05, 0) is 35.8 Å². The van der Waals surface area contributed by atoms with Crippen molar-refractivity contribution in [2.24, 2.45) is 5.92 Å². The fourth-order valence-corrected chi connectivity index (χ4v) is 2.56. The van der Waals surface area contributed by atoms with Gasteiger partial charge in [0.15, 0.2) is 0 Å². The van der Waals surface area contributed by atoms with Crippen LogP contribution in [0.5, 0.6) is 0 Å². The van der Waals surface area contributed by atoms with E-state index in [0.717, 1.165) is 5.56 Å². The molecule has 92 valence electrons. The van der Waals surface area contributed by atoms with Crippen molar-refractivity contribution in [2.75, 3.05) is 0 Å². The quantitative estimate of drug-likeness (QED) is 0.857. The van der Waals surface area contributed by atoms with Crippen LogP contribution in [0.15, 0.2) is 24.3 Å². The minimum atomic E-state index is -0.717. The number of carboxylic acids is 1. The van der Waals surface area contributed by atoms with Gasteiger partial charge in [0.05, 0.1) is 5.92 Å². The van der Waals surface area contributed by atoms with Crippen molar-refractivity contribution >= 4 is 5.97 Å². The van der Waals surface area contributed by atoms with Gasteiger partial charge in [0, 0.05) is 0 Å². The van der Waals surface area contributed by atoms with Gasteiger partial charge >= 0.3 is 5.97 Å². The maximum atomic E-state index is 11.3. The molecule has 0 amide bonds. The summed E-state index contributed by atoms with van der Waals surface area (Å²) in [5, 5.41) is 9.30. The van der Waals surface area contributed by atoms with E-state index in [2.05, 4.69) is 12.1 Å². The Labute approximate surface area is 103 Å². The molecule has 1 N–H and O–H groups in total. The topological polar surface area (TPSA) is 37.3 Å². The van der Waals surface area contributed by atoms with Crippen LogP contribution in [-0.2, 0) is 4.79 Å². The molecule has 1 aromatic rings. The van der Waals surface area contributed by atoms with E-state index in [1.807, 2.05) is 26.0 Å². The molecule has 1 atom stereocenters. The van der Waals surface area contributed by atoms with Gasteiger partial charge in [-0.1, -0.05) is 44.5 Å². The molecule has 0 saturated heterocycles. The van der Waals surface area contributed by atoms with Gasteiger partial charge in [-0.15, -0.1) is 0 Å². The van der Waals surface area contributed by atoms with E-state index in [9.17, 15) is 9.90 Å². The summed E-state index contributed by atoms with van der Waals surface area (Å²) in [5.74, 6) is -0.304. The molecule has 2 rings (SSSR count). The van der Waals surface area contributed by atoms with E-state index < -0.39 is 5.97 Å². The third-order valence-corrected chi connectivity index (χ3v) is 3.78. The van der Waals surface area contributed by atoms with Crippen LogP contribution < -0.4 is 0 Å². The molecule has 0 aromatic heterocycles. The second-order valence-corrected chi connectivity index (χ2v) is 5.36. The predicted octanol–water partition coefficient (Wildman–Crippen LogP) is 3.78. The molecule has 1 aromatic carbocycles. The van der Waals surface area contributed by atoms with Crippen molar-refractivity contribution in [2.45, 2.75) is 44.9 Å². The van der Waals surface area contributed by atoms with Crippen LogP contribution in [0.3, 0.4) is 0 Å². The van der Waals surface area contributed by atoms with Gasteiger partial charge in [0.1, 0.15) is 0 Å². The molecule has 1 aliphatic carbocycles. The summed E-state index contributed by atoms with van der Waals surface area (Å²) in [6.07, 6.45) is 3.81. The smallest absolute Gasteiger partial charge is 0.311 e. The molecule has 1 unspecified atom stereocenters. The summed E-state index contributed by atoms with van der Waals surface area (Å²) >= 11 is 0. The zero-order valence-electron chi connectivity index (χ0n) is 10.5. The monoisotopic (exact) mass is 232 g/mol. The molecule has 2 nitrogen and oxygen atoms in total. The highest BCUT2D eigenvalue weighted by Crippen LogP contribution is 2.37. The normalized spacial score (nSPS) is 17.8. The van der Waals surface area contributed by atoms with E-state index in [-0.39, 0.29) is 11.8 Å². The highest BCUT2D eigenvalue weighted by Gasteiger charge is 2.25. The molecular weight excluding hydrogens is 212 g/mol. The molecule has 2 heteroatoms. The summed E-state index contributed by atoms with van der Waals surface area (Å²) in [6, 6.07) is 8.18. The molecule has 1 saturated carbocycles. The average Bonchev–Trinajstić information content (AvgIpc) is 2.14. The Balaban J connectivity index is 2.27. The van der Waals surface area contributed by atoms with Crippen molar-refractivity contribution < 1.29 is 9.90 Å². The molecule has 17 heavy (non-hydrogen) atoms. The number of hydrogen-bond donors (Lipinski definition) is 1. The van der Waals surface area contributed by atoms with Crippen molar-refractivity contribution in [3.63, 3.8) is 0 Å². The molecule has 0 aliphatic heterocycles. The second kappa shape index (κ2) is 4.91. The molecule has 1 fully saturated rings. The first kappa shape index (κ1) is 12.2. The first-order valence-corrected chi connectivity index (χ1v) is 6.42. The van der Waals surface area contributed by atoms with E-state index in [1.54, 1.807) is 0 Å². The number of rotatable bonds is 4. The van der Waals surface area contributed by atoms with Crippen molar-refractivity contribution in [1.82, 2.24) is 0 Å². The summed E-state index contributed by atoms with van der Waals surface area (Å²) < 4.78 is 0. The highest BCUT2D eigenvalue weighted by atomic mass is 16.4. The first-order valence-electron chi connectivity index (χ1n) is 6.42. The lowest BCUT2D eigenvalue weighted by atomic mass is 9.78. The minimum absolute atomic E-state index is 0.129. The van der Waals surface area contributed by atoms with Crippen molar-refractivity contribution in [1.29, 1.82) is 0 Å². The van der Waals surface area contributed by atoms with E-state index in [0.29, 0.717) is 5.92 Å². The average molecular weight is 232 g/mol. The summed E-state index contributed by atoms with van der Waals surface area (Å²) in [4.78, 5) is 11.3. The van der Waals surface area contributed by atoms with Crippen LogP contribution >= 0.6 is 0 Å². The maximum Gasteiger partial charge on any atom is 0.311 e. The van der Waals surface area contributed by atoms with E-state index >= 15 is 0 Å². The minimum Gasteiger partial charge on any atom is -0.481 e. The number of carboxylic acid groups (broad SMARTS) is 1. The van der Waals surface area contributed by atoms with Gasteiger partial charge in [-0.3, -0.25) is 4.79 Å². The van der Waals surface area contributed by atoms with E-state index in [4.69, 9.17) is 0 Å². The molecule has 1 aliphatic rings. The first-order chi connectivity index (χ1) is 8.09. The summed E-state index contributed by atoms with van der Waals surface area (Å²) in [7, 11) is 0. The molecule has 0 bridgehead atoms. The Morgan fingerprint density at radius 1 is 1.35 bits per heavy atom.